The van der Waals surface area contributed by atoms with Crippen LogP contribution >= 0.6 is 0 Å². The SMILES string of the molecule is CCN(CC)C(=O)C(C)N1CCC(N)C1=O. The lowest BCUT2D eigenvalue weighted by molar-refractivity contribution is -0.142. The summed E-state index contributed by atoms with van der Waals surface area (Å²) in [6.07, 6.45) is 0.648. The van der Waals surface area contributed by atoms with Crippen molar-refractivity contribution in [3.8, 4) is 0 Å². The van der Waals surface area contributed by atoms with Crippen LogP contribution in [-0.4, -0.2) is 53.3 Å². The van der Waals surface area contributed by atoms with Gasteiger partial charge in [0.2, 0.25) is 11.8 Å². The lowest BCUT2D eigenvalue weighted by Crippen LogP contribution is -2.49. The van der Waals surface area contributed by atoms with Gasteiger partial charge >= 0.3 is 0 Å². The van der Waals surface area contributed by atoms with Crippen LogP contribution in [0.2, 0.25) is 0 Å². The van der Waals surface area contributed by atoms with E-state index in [1.54, 1.807) is 16.7 Å². The minimum atomic E-state index is -0.424. The molecule has 2 amide bonds. The van der Waals surface area contributed by atoms with Crippen LogP contribution in [0.4, 0.5) is 0 Å². The summed E-state index contributed by atoms with van der Waals surface area (Å²) in [7, 11) is 0. The fourth-order valence-electron chi connectivity index (χ4n) is 2.04. The van der Waals surface area contributed by atoms with Gasteiger partial charge in [0, 0.05) is 19.6 Å². The van der Waals surface area contributed by atoms with Crippen molar-refractivity contribution in [2.45, 2.75) is 39.3 Å². The lowest BCUT2D eigenvalue weighted by atomic mass is 10.2. The van der Waals surface area contributed by atoms with Crippen LogP contribution in [0, 0.1) is 0 Å². The summed E-state index contributed by atoms with van der Waals surface area (Å²) in [5.41, 5.74) is 5.63. The lowest BCUT2D eigenvalue weighted by Gasteiger charge is -2.29. The van der Waals surface area contributed by atoms with Gasteiger partial charge < -0.3 is 15.5 Å². The largest absolute Gasteiger partial charge is 0.341 e. The number of nitrogens with two attached hydrogens (primary N) is 1. The van der Waals surface area contributed by atoms with Crippen LogP contribution in [0.15, 0.2) is 0 Å². The van der Waals surface area contributed by atoms with Crippen molar-refractivity contribution in [3.63, 3.8) is 0 Å². The second-order valence-electron chi connectivity index (χ2n) is 4.11. The molecule has 0 aliphatic carbocycles. The molecule has 1 aliphatic rings. The molecule has 0 aromatic carbocycles. The van der Waals surface area contributed by atoms with Gasteiger partial charge in [0.05, 0.1) is 6.04 Å². The third kappa shape index (κ3) is 2.35. The molecule has 1 fully saturated rings. The van der Waals surface area contributed by atoms with Gasteiger partial charge in [-0.1, -0.05) is 0 Å². The van der Waals surface area contributed by atoms with Gasteiger partial charge in [0.1, 0.15) is 6.04 Å². The van der Waals surface area contributed by atoms with Gasteiger partial charge in [0.25, 0.3) is 0 Å². The van der Waals surface area contributed by atoms with E-state index in [-0.39, 0.29) is 17.9 Å². The zero-order chi connectivity index (χ0) is 12.3. The Morgan fingerprint density at radius 1 is 1.56 bits per heavy atom. The minimum absolute atomic E-state index is 0.00690. The maximum absolute atomic E-state index is 12.0. The first kappa shape index (κ1) is 13.0. The van der Waals surface area contributed by atoms with E-state index in [1.165, 1.54) is 0 Å². The first-order chi connectivity index (χ1) is 7.52. The number of hydrogen-bond acceptors (Lipinski definition) is 3. The van der Waals surface area contributed by atoms with Crippen molar-refractivity contribution in [2.75, 3.05) is 19.6 Å². The van der Waals surface area contributed by atoms with Crippen molar-refractivity contribution in [1.82, 2.24) is 9.80 Å². The molecule has 0 radical (unpaired) electrons. The molecule has 16 heavy (non-hydrogen) atoms. The number of nitrogens with zero attached hydrogens (tertiary/aromatic N) is 2. The fourth-order valence-corrected chi connectivity index (χ4v) is 2.04. The predicted octanol–water partition coefficient (Wildman–Crippen LogP) is -0.197. The molecule has 2 N–H and O–H groups in total. The van der Waals surface area contributed by atoms with Gasteiger partial charge in [-0.15, -0.1) is 0 Å². The van der Waals surface area contributed by atoms with E-state index >= 15 is 0 Å². The molecule has 0 aromatic heterocycles. The van der Waals surface area contributed by atoms with E-state index in [4.69, 9.17) is 5.73 Å². The highest BCUT2D eigenvalue weighted by Crippen LogP contribution is 2.14. The van der Waals surface area contributed by atoms with Gasteiger partial charge in [-0.05, 0) is 27.2 Å². The molecule has 0 aromatic rings. The molecule has 5 heteroatoms. The van der Waals surface area contributed by atoms with Gasteiger partial charge in [-0.25, -0.2) is 0 Å². The smallest absolute Gasteiger partial charge is 0.245 e. The number of hydrogen-bond donors (Lipinski definition) is 1. The Balaban J connectivity index is 2.67. The standard InChI is InChI=1S/C11H21N3O2/c1-4-13(5-2)10(15)8(3)14-7-6-9(12)11(14)16/h8-9H,4-7,12H2,1-3H3. The highest BCUT2D eigenvalue weighted by Gasteiger charge is 2.35. The highest BCUT2D eigenvalue weighted by molar-refractivity contribution is 5.90. The summed E-state index contributed by atoms with van der Waals surface area (Å²) in [6.45, 7) is 7.59. The van der Waals surface area contributed by atoms with E-state index in [0.29, 0.717) is 26.1 Å². The Hall–Kier alpha value is -1.10. The maximum atomic E-state index is 12.0. The van der Waals surface area contributed by atoms with E-state index in [2.05, 4.69) is 0 Å². The summed E-state index contributed by atoms with van der Waals surface area (Å²) in [5, 5.41) is 0. The Labute approximate surface area is 96.6 Å². The molecular weight excluding hydrogens is 206 g/mol. The molecule has 1 aliphatic heterocycles. The molecule has 1 saturated heterocycles. The fraction of sp³-hybridized carbons (Fsp3) is 0.818. The molecule has 1 heterocycles. The Morgan fingerprint density at radius 3 is 2.50 bits per heavy atom. The molecule has 2 unspecified atom stereocenters. The zero-order valence-electron chi connectivity index (χ0n) is 10.3. The van der Waals surface area contributed by atoms with Gasteiger partial charge in [-0.3, -0.25) is 9.59 Å². The van der Waals surface area contributed by atoms with Crippen molar-refractivity contribution < 1.29 is 9.59 Å². The van der Waals surface area contributed by atoms with Crippen LogP contribution in [0.25, 0.3) is 0 Å². The third-order valence-corrected chi connectivity index (χ3v) is 3.18. The number of likely N-dealkylation sites (N-methyl/N-ethyl adjacent to an activating group) is 1. The van der Waals surface area contributed by atoms with E-state index in [1.807, 2.05) is 13.8 Å². The van der Waals surface area contributed by atoms with Gasteiger partial charge in [0.15, 0.2) is 0 Å². The second kappa shape index (κ2) is 5.30. The number of rotatable bonds is 4. The predicted molar refractivity (Wildman–Crippen MR) is 61.7 cm³/mol. The number of amides is 2. The van der Waals surface area contributed by atoms with Crippen LogP contribution in [0.1, 0.15) is 27.2 Å². The van der Waals surface area contributed by atoms with Crippen molar-refractivity contribution in [1.29, 1.82) is 0 Å². The quantitative estimate of drug-likeness (QED) is 0.723. The van der Waals surface area contributed by atoms with Gasteiger partial charge in [-0.2, -0.15) is 0 Å². The Kier molecular flexibility index (Phi) is 4.29. The topological polar surface area (TPSA) is 66.6 Å². The molecule has 0 bridgehead atoms. The molecule has 0 saturated carbocycles. The Bertz CT molecular complexity index is 276. The average molecular weight is 227 g/mol. The first-order valence-corrected chi connectivity index (χ1v) is 5.87. The number of carbonyl (C=O) groups is 2. The van der Waals surface area contributed by atoms with Crippen molar-refractivity contribution >= 4 is 11.8 Å². The van der Waals surface area contributed by atoms with Crippen molar-refractivity contribution in [3.05, 3.63) is 0 Å². The summed E-state index contributed by atoms with van der Waals surface area (Å²) >= 11 is 0. The second-order valence-corrected chi connectivity index (χ2v) is 4.11. The number of carbonyl (C=O) groups excluding carboxylic acids is 2. The molecule has 5 nitrogen and oxygen atoms in total. The van der Waals surface area contributed by atoms with Crippen LogP contribution in [0.5, 0.6) is 0 Å². The number of likely N-dealkylation sites (tertiary alicyclic amines) is 1. The normalized spacial score (nSPS) is 22.4. The summed E-state index contributed by atoms with van der Waals surface area (Å²) in [4.78, 5) is 27.0. The van der Waals surface area contributed by atoms with E-state index < -0.39 is 6.04 Å². The Morgan fingerprint density at radius 2 is 2.12 bits per heavy atom. The molecule has 2 atom stereocenters. The monoisotopic (exact) mass is 227 g/mol. The van der Waals surface area contributed by atoms with Crippen molar-refractivity contribution in [2.24, 2.45) is 5.73 Å². The summed E-state index contributed by atoms with van der Waals surface area (Å²) < 4.78 is 0. The summed E-state index contributed by atoms with van der Waals surface area (Å²) in [5.74, 6) is -0.0968. The van der Waals surface area contributed by atoms with E-state index in [0.717, 1.165) is 0 Å². The van der Waals surface area contributed by atoms with E-state index in [9.17, 15) is 9.59 Å². The average Bonchev–Trinajstić information content (AvgIpc) is 2.60. The third-order valence-electron chi connectivity index (χ3n) is 3.18. The first-order valence-electron chi connectivity index (χ1n) is 5.87. The highest BCUT2D eigenvalue weighted by atomic mass is 16.2. The molecule has 0 spiro atoms. The summed E-state index contributed by atoms with van der Waals surface area (Å²) in [6, 6.07) is -0.812. The van der Waals surface area contributed by atoms with Crippen LogP contribution in [-0.2, 0) is 9.59 Å². The minimum Gasteiger partial charge on any atom is -0.341 e. The molecular formula is C11H21N3O2. The zero-order valence-corrected chi connectivity index (χ0v) is 10.3. The maximum Gasteiger partial charge on any atom is 0.245 e. The molecule has 92 valence electrons. The molecule has 1 rings (SSSR count). The van der Waals surface area contributed by atoms with Crippen LogP contribution < -0.4 is 5.73 Å². The van der Waals surface area contributed by atoms with Crippen LogP contribution in [0.3, 0.4) is 0 Å².